The molecule has 1 fully saturated rings. The smallest absolute Gasteiger partial charge is 0.120 e. The standard InChI is InChI=1S/C12H16N4O/c1-10-11(7-12(8-13)15(10)2)9-14-16-3-5-17-6-4-16/h7,9H,3-6H2,1-2H3/b14-9+. The molecule has 0 unspecified atom stereocenters. The van der Waals surface area contributed by atoms with Gasteiger partial charge in [0.05, 0.1) is 32.5 Å². The second-order valence-corrected chi connectivity index (χ2v) is 4.05. The maximum absolute atomic E-state index is 8.93. The summed E-state index contributed by atoms with van der Waals surface area (Å²) in [5.41, 5.74) is 2.71. The van der Waals surface area contributed by atoms with Crippen LogP contribution >= 0.6 is 0 Å². The average Bonchev–Trinajstić information content (AvgIpc) is 2.65. The van der Waals surface area contributed by atoms with E-state index in [1.54, 1.807) is 0 Å². The lowest BCUT2D eigenvalue weighted by molar-refractivity contribution is 0.0397. The van der Waals surface area contributed by atoms with Crippen molar-refractivity contribution in [3.8, 4) is 6.07 Å². The molecule has 1 saturated heterocycles. The number of hydrogen-bond donors (Lipinski definition) is 0. The van der Waals surface area contributed by atoms with Crippen molar-refractivity contribution in [2.75, 3.05) is 26.3 Å². The van der Waals surface area contributed by atoms with Gasteiger partial charge in [-0.1, -0.05) is 0 Å². The highest BCUT2D eigenvalue weighted by Gasteiger charge is 2.09. The lowest BCUT2D eigenvalue weighted by Crippen LogP contribution is -2.32. The molecule has 2 heterocycles. The van der Waals surface area contributed by atoms with Crippen LogP contribution in [0.4, 0.5) is 0 Å². The Morgan fingerprint density at radius 2 is 2.18 bits per heavy atom. The van der Waals surface area contributed by atoms with Gasteiger partial charge in [-0.15, -0.1) is 0 Å². The molecule has 0 bridgehead atoms. The first kappa shape index (κ1) is 11.7. The molecular formula is C12H16N4O. The molecule has 17 heavy (non-hydrogen) atoms. The van der Waals surface area contributed by atoms with Crippen molar-refractivity contribution in [3.63, 3.8) is 0 Å². The molecule has 1 aliphatic rings. The Kier molecular flexibility index (Phi) is 3.45. The molecule has 0 spiro atoms. The first-order chi connectivity index (χ1) is 8.22. The van der Waals surface area contributed by atoms with Crippen molar-refractivity contribution < 1.29 is 4.74 Å². The number of aromatic nitrogens is 1. The van der Waals surface area contributed by atoms with Gasteiger partial charge in [-0.05, 0) is 13.0 Å². The molecule has 0 aliphatic carbocycles. The number of rotatable bonds is 2. The molecule has 1 aromatic rings. The Labute approximate surface area is 101 Å². The van der Waals surface area contributed by atoms with Gasteiger partial charge in [-0.2, -0.15) is 10.4 Å². The van der Waals surface area contributed by atoms with E-state index >= 15 is 0 Å². The summed E-state index contributed by atoms with van der Waals surface area (Å²) in [6.07, 6.45) is 1.82. The van der Waals surface area contributed by atoms with Crippen molar-refractivity contribution in [2.24, 2.45) is 12.1 Å². The Morgan fingerprint density at radius 1 is 1.47 bits per heavy atom. The van der Waals surface area contributed by atoms with Gasteiger partial charge in [0, 0.05) is 18.3 Å². The second kappa shape index (κ2) is 5.02. The maximum atomic E-state index is 8.93. The van der Waals surface area contributed by atoms with Crippen LogP contribution in [0.1, 0.15) is 17.0 Å². The molecule has 0 amide bonds. The van der Waals surface area contributed by atoms with Crippen molar-refractivity contribution >= 4 is 6.21 Å². The van der Waals surface area contributed by atoms with Crippen LogP contribution in [0.2, 0.25) is 0 Å². The van der Waals surface area contributed by atoms with E-state index in [1.807, 2.05) is 35.8 Å². The number of ether oxygens (including phenoxy) is 1. The van der Waals surface area contributed by atoms with Gasteiger partial charge < -0.3 is 9.30 Å². The highest BCUT2D eigenvalue weighted by molar-refractivity contribution is 5.81. The van der Waals surface area contributed by atoms with E-state index in [-0.39, 0.29) is 0 Å². The number of hydrazone groups is 1. The predicted molar refractivity (Wildman–Crippen MR) is 64.9 cm³/mol. The van der Waals surface area contributed by atoms with Crippen molar-refractivity contribution in [3.05, 3.63) is 23.0 Å². The molecule has 5 nitrogen and oxygen atoms in total. The van der Waals surface area contributed by atoms with Gasteiger partial charge in [-0.25, -0.2) is 0 Å². The summed E-state index contributed by atoms with van der Waals surface area (Å²) >= 11 is 0. The lowest BCUT2D eigenvalue weighted by atomic mass is 10.3. The first-order valence-corrected chi connectivity index (χ1v) is 5.65. The summed E-state index contributed by atoms with van der Waals surface area (Å²) in [6, 6.07) is 4.02. The maximum Gasteiger partial charge on any atom is 0.120 e. The second-order valence-electron chi connectivity index (χ2n) is 4.05. The lowest BCUT2D eigenvalue weighted by Gasteiger charge is -2.23. The van der Waals surface area contributed by atoms with E-state index in [9.17, 15) is 0 Å². The van der Waals surface area contributed by atoms with Crippen LogP contribution in [0.25, 0.3) is 0 Å². The van der Waals surface area contributed by atoms with E-state index in [0.717, 1.165) is 37.6 Å². The zero-order valence-corrected chi connectivity index (χ0v) is 10.2. The van der Waals surface area contributed by atoms with Gasteiger partial charge in [-0.3, -0.25) is 5.01 Å². The Balaban J connectivity index is 2.13. The zero-order valence-electron chi connectivity index (χ0n) is 10.2. The number of morpholine rings is 1. The molecule has 0 N–H and O–H groups in total. The van der Waals surface area contributed by atoms with Crippen LogP contribution in [-0.4, -0.2) is 42.1 Å². The van der Waals surface area contributed by atoms with E-state index < -0.39 is 0 Å². The molecular weight excluding hydrogens is 216 g/mol. The highest BCUT2D eigenvalue weighted by atomic mass is 16.5. The minimum absolute atomic E-state index is 0.658. The molecule has 5 heteroatoms. The van der Waals surface area contributed by atoms with Crippen LogP contribution in [0.3, 0.4) is 0 Å². The third-order valence-corrected chi connectivity index (χ3v) is 3.04. The topological polar surface area (TPSA) is 53.5 Å². The van der Waals surface area contributed by atoms with Gasteiger partial charge in [0.25, 0.3) is 0 Å². The predicted octanol–water partition coefficient (Wildman–Crippen LogP) is 0.871. The monoisotopic (exact) mass is 232 g/mol. The van der Waals surface area contributed by atoms with Crippen molar-refractivity contribution in [1.82, 2.24) is 9.58 Å². The summed E-state index contributed by atoms with van der Waals surface area (Å²) in [6.45, 7) is 5.10. The van der Waals surface area contributed by atoms with Gasteiger partial charge in [0.1, 0.15) is 11.8 Å². The fourth-order valence-electron chi connectivity index (χ4n) is 1.77. The van der Waals surface area contributed by atoms with E-state index in [0.29, 0.717) is 5.69 Å². The quantitative estimate of drug-likeness (QED) is 0.711. The fourth-order valence-corrected chi connectivity index (χ4v) is 1.77. The van der Waals surface area contributed by atoms with Crippen molar-refractivity contribution in [1.29, 1.82) is 5.26 Å². The van der Waals surface area contributed by atoms with E-state index in [4.69, 9.17) is 10.00 Å². The summed E-state index contributed by atoms with van der Waals surface area (Å²) < 4.78 is 7.13. The average molecular weight is 232 g/mol. The SMILES string of the molecule is Cc1c(/C=N/N2CCOCC2)cc(C#N)n1C. The van der Waals surface area contributed by atoms with Crippen LogP contribution in [0.5, 0.6) is 0 Å². The largest absolute Gasteiger partial charge is 0.378 e. The number of nitrogens with zero attached hydrogens (tertiary/aromatic N) is 4. The van der Waals surface area contributed by atoms with Crippen LogP contribution in [0.15, 0.2) is 11.2 Å². The Bertz CT molecular complexity index is 464. The number of nitriles is 1. The van der Waals surface area contributed by atoms with Crippen LogP contribution in [0, 0.1) is 18.3 Å². The van der Waals surface area contributed by atoms with E-state index in [1.165, 1.54) is 0 Å². The third-order valence-electron chi connectivity index (χ3n) is 3.04. The van der Waals surface area contributed by atoms with Crippen LogP contribution < -0.4 is 0 Å². The molecule has 1 aliphatic heterocycles. The fraction of sp³-hybridized carbons (Fsp3) is 0.500. The molecule has 1 aromatic heterocycles. The molecule has 0 aromatic carbocycles. The van der Waals surface area contributed by atoms with Gasteiger partial charge >= 0.3 is 0 Å². The molecule has 0 radical (unpaired) electrons. The molecule has 0 atom stereocenters. The molecule has 2 rings (SSSR count). The molecule has 0 saturated carbocycles. The van der Waals surface area contributed by atoms with E-state index in [2.05, 4.69) is 11.2 Å². The highest BCUT2D eigenvalue weighted by Crippen LogP contribution is 2.11. The van der Waals surface area contributed by atoms with Gasteiger partial charge in [0.2, 0.25) is 0 Å². The molecule has 90 valence electrons. The summed E-state index contributed by atoms with van der Waals surface area (Å²) in [4.78, 5) is 0. The third kappa shape index (κ3) is 2.48. The first-order valence-electron chi connectivity index (χ1n) is 5.65. The minimum Gasteiger partial charge on any atom is -0.378 e. The Hall–Kier alpha value is -1.80. The Morgan fingerprint density at radius 3 is 2.76 bits per heavy atom. The normalized spacial score (nSPS) is 16.4. The minimum atomic E-state index is 0.658. The van der Waals surface area contributed by atoms with Crippen molar-refractivity contribution in [2.45, 2.75) is 6.92 Å². The summed E-state index contributed by atoms with van der Waals surface area (Å²) in [7, 11) is 1.89. The zero-order chi connectivity index (χ0) is 12.3. The summed E-state index contributed by atoms with van der Waals surface area (Å²) in [5.74, 6) is 0. The van der Waals surface area contributed by atoms with Gasteiger partial charge in [0.15, 0.2) is 0 Å². The summed E-state index contributed by atoms with van der Waals surface area (Å²) in [5, 5.41) is 15.3. The number of hydrogen-bond acceptors (Lipinski definition) is 4. The van der Waals surface area contributed by atoms with Crippen LogP contribution in [-0.2, 0) is 11.8 Å².